The highest BCUT2D eigenvalue weighted by molar-refractivity contribution is 6.46. The maximum atomic E-state index is 5.89. The number of hydrogen-bond acceptors (Lipinski definition) is 7. The Kier molecular flexibility index (Phi) is 19.6. The van der Waals surface area contributed by atoms with Gasteiger partial charge in [0.15, 0.2) is 0 Å². The normalized spacial score (nSPS) is 14.2. The first-order valence-corrected chi connectivity index (χ1v) is 13.8. The smallest absolute Gasteiger partial charge is 0.351 e. The summed E-state index contributed by atoms with van der Waals surface area (Å²) in [6.07, 6.45) is 1.78. The van der Waals surface area contributed by atoms with Crippen LogP contribution in [-0.4, -0.2) is 82.8 Å². The summed E-state index contributed by atoms with van der Waals surface area (Å²) in [4.78, 5) is 0. The summed E-state index contributed by atoms with van der Waals surface area (Å²) in [6.45, 7) is 17.8. The predicted octanol–water partition coefficient (Wildman–Crippen LogP) is 1.83. The van der Waals surface area contributed by atoms with Crippen LogP contribution in [0.1, 0.15) is 54.4 Å². The second-order valence-corrected chi connectivity index (χ2v) is 10.2. The monoisotopic (exact) mass is 425 g/mol. The Labute approximate surface area is 170 Å². The third kappa shape index (κ3) is 13.1. The van der Waals surface area contributed by atoms with Crippen molar-refractivity contribution in [2.24, 2.45) is 0 Å². The average Bonchev–Trinajstić information content (AvgIpc) is 2.66. The third-order valence-electron chi connectivity index (χ3n) is 3.90. The minimum Gasteiger partial charge on any atom is -0.395 e. The van der Waals surface area contributed by atoms with Gasteiger partial charge < -0.3 is 32.5 Å². The van der Waals surface area contributed by atoms with Crippen molar-refractivity contribution in [2.45, 2.75) is 65.8 Å². The summed E-state index contributed by atoms with van der Waals surface area (Å²) >= 11 is 0. The zero-order valence-corrected chi connectivity index (χ0v) is 20.6. The molecule has 7 nitrogen and oxygen atoms in total. The van der Waals surface area contributed by atoms with Crippen LogP contribution in [0.15, 0.2) is 0 Å². The quantitative estimate of drug-likeness (QED) is 0.236. The van der Waals surface area contributed by atoms with Crippen LogP contribution in [0.5, 0.6) is 0 Å². The van der Waals surface area contributed by atoms with Gasteiger partial charge in [0.25, 0.3) is 0 Å². The van der Waals surface area contributed by atoms with Crippen LogP contribution in [0, 0.1) is 0 Å². The molecule has 0 spiro atoms. The first-order valence-electron chi connectivity index (χ1n) is 10.6. The van der Waals surface area contributed by atoms with Gasteiger partial charge in [0.05, 0.1) is 11.5 Å². The highest BCUT2D eigenvalue weighted by Gasteiger charge is 2.27. The highest BCUT2D eigenvalue weighted by Crippen LogP contribution is 2.09. The Morgan fingerprint density at radius 3 is 1.15 bits per heavy atom. The maximum Gasteiger partial charge on any atom is 0.351 e. The van der Waals surface area contributed by atoms with E-state index in [1.165, 1.54) is 0 Å². The van der Waals surface area contributed by atoms with Crippen molar-refractivity contribution in [3.05, 3.63) is 0 Å². The minimum absolute atomic E-state index is 0.0686. The first-order chi connectivity index (χ1) is 13.2. The summed E-state index contributed by atoms with van der Waals surface area (Å²) < 4.78 is 35.1. The zero-order chi connectivity index (χ0) is 20.3. The molecule has 0 aromatic heterocycles. The van der Waals surface area contributed by atoms with Gasteiger partial charge in [-0.2, -0.15) is 0 Å². The molecule has 27 heavy (non-hydrogen) atoms. The molecule has 0 amide bonds. The molecule has 1 N–H and O–H groups in total. The van der Waals surface area contributed by atoms with Crippen molar-refractivity contribution in [1.29, 1.82) is 0 Å². The molecule has 0 aliphatic heterocycles. The summed E-state index contributed by atoms with van der Waals surface area (Å²) in [5.74, 6) is 0. The molecule has 0 rings (SSSR count). The number of hydrogen-bond donors (Lipinski definition) is 1. The molecule has 0 aromatic rings. The summed E-state index contributed by atoms with van der Waals surface area (Å²) in [5.41, 5.74) is 0.137. The molecular formula is C18H43NO6Si2. The van der Waals surface area contributed by atoms with E-state index in [0.717, 1.165) is 25.9 Å². The van der Waals surface area contributed by atoms with E-state index in [1.54, 1.807) is 0 Å². The van der Waals surface area contributed by atoms with Crippen LogP contribution in [0.4, 0.5) is 0 Å². The van der Waals surface area contributed by atoms with Gasteiger partial charge in [-0.05, 0) is 67.5 Å². The number of nitrogens with one attached hydrogen (secondary N) is 1. The van der Waals surface area contributed by atoms with E-state index in [2.05, 4.69) is 5.32 Å². The van der Waals surface area contributed by atoms with Gasteiger partial charge in [-0.25, -0.2) is 0 Å². The van der Waals surface area contributed by atoms with Gasteiger partial charge >= 0.3 is 18.6 Å². The third-order valence-corrected chi connectivity index (χ3v) is 8.82. The molecule has 0 bridgehead atoms. The van der Waals surface area contributed by atoms with Gasteiger partial charge in [0, 0.05) is 39.6 Å². The Balaban J connectivity index is 4.38. The number of ether oxygens (including phenoxy) is 2. The van der Waals surface area contributed by atoms with Gasteiger partial charge in [-0.3, -0.25) is 0 Å². The lowest BCUT2D eigenvalue weighted by molar-refractivity contribution is 0.0601. The molecule has 164 valence electrons. The van der Waals surface area contributed by atoms with E-state index in [-0.39, 0.29) is 11.5 Å². The summed E-state index contributed by atoms with van der Waals surface area (Å²) in [6, 6.07) is 0. The van der Waals surface area contributed by atoms with Crippen LogP contribution in [-0.2, 0) is 27.2 Å². The summed E-state index contributed by atoms with van der Waals surface area (Å²) in [5, 5.41) is 3.50. The molecule has 0 aliphatic carbocycles. The van der Waals surface area contributed by atoms with Gasteiger partial charge in [0.1, 0.15) is 0 Å². The SMILES string of the molecule is CCOC(CCNCCC(OCC)[SiH](OCC)OCC)[SiH](OCC)OCC. The molecule has 0 saturated carbocycles. The summed E-state index contributed by atoms with van der Waals surface area (Å²) in [7, 11) is -3.61. The fourth-order valence-corrected chi connectivity index (χ4v) is 6.76. The van der Waals surface area contributed by atoms with Crippen molar-refractivity contribution in [3.8, 4) is 0 Å². The van der Waals surface area contributed by atoms with Crippen LogP contribution in [0.2, 0.25) is 0 Å². The lowest BCUT2D eigenvalue weighted by Crippen LogP contribution is -2.43. The minimum atomic E-state index is -1.80. The predicted molar refractivity (Wildman–Crippen MR) is 114 cm³/mol. The lowest BCUT2D eigenvalue weighted by Gasteiger charge is -2.26. The van der Waals surface area contributed by atoms with Crippen molar-refractivity contribution in [3.63, 3.8) is 0 Å². The van der Waals surface area contributed by atoms with E-state index < -0.39 is 18.6 Å². The van der Waals surface area contributed by atoms with Crippen molar-refractivity contribution >= 4 is 18.6 Å². The average molecular weight is 426 g/mol. The molecular weight excluding hydrogens is 382 g/mol. The van der Waals surface area contributed by atoms with E-state index in [0.29, 0.717) is 39.6 Å². The molecule has 2 atom stereocenters. The van der Waals surface area contributed by atoms with E-state index in [9.17, 15) is 0 Å². The maximum absolute atomic E-state index is 5.89. The molecule has 0 heterocycles. The molecule has 0 aliphatic rings. The fourth-order valence-electron chi connectivity index (χ4n) is 2.82. The Morgan fingerprint density at radius 2 is 0.889 bits per heavy atom. The van der Waals surface area contributed by atoms with Crippen LogP contribution in [0.3, 0.4) is 0 Å². The Bertz CT molecular complexity index is 278. The Morgan fingerprint density at radius 1 is 0.556 bits per heavy atom. The second kappa shape index (κ2) is 19.5. The van der Waals surface area contributed by atoms with Crippen molar-refractivity contribution in [1.82, 2.24) is 5.32 Å². The fraction of sp³-hybridized carbons (Fsp3) is 1.00. The highest BCUT2D eigenvalue weighted by atomic mass is 28.3. The van der Waals surface area contributed by atoms with Gasteiger partial charge in [-0.1, -0.05) is 0 Å². The van der Waals surface area contributed by atoms with Crippen molar-refractivity contribution in [2.75, 3.05) is 52.7 Å². The van der Waals surface area contributed by atoms with E-state index in [4.69, 9.17) is 27.2 Å². The van der Waals surface area contributed by atoms with Gasteiger partial charge in [0.2, 0.25) is 0 Å². The second-order valence-electron chi connectivity index (χ2n) is 5.87. The number of rotatable bonds is 20. The molecule has 0 saturated heterocycles. The first kappa shape index (κ1) is 27.2. The molecule has 0 fully saturated rings. The van der Waals surface area contributed by atoms with E-state index in [1.807, 2.05) is 41.5 Å². The zero-order valence-electron chi connectivity index (χ0n) is 18.3. The van der Waals surface area contributed by atoms with Crippen molar-refractivity contribution < 1.29 is 27.2 Å². The van der Waals surface area contributed by atoms with Crippen LogP contribution in [0.25, 0.3) is 0 Å². The molecule has 2 unspecified atom stereocenters. The largest absolute Gasteiger partial charge is 0.395 e. The van der Waals surface area contributed by atoms with Crippen LogP contribution >= 0.6 is 0 Å². The topological polar surface area (TPSA) is 67.4 Å². The van der Waals surface area contributed by atoms with Crippen LogP contribution < -0.4 is 5.32 Å². The lowest BCUT2D eigenvalue weighted by atomic mass is 10.4. The van der Waals surface area contributed by atoms with E-state index >= 15 is 0 Å². The molecule has 0 radical (unpaired) electrons. The van der Waals surface area contributed by atoms with Gasteiger partial charge in [-0.15, -0.1) is 0 Å². The molecule has 0 aromatic carbocycles. The standard InChI is InChI=1S/C18H43NO6Si2/c1-7-20-17(26(22-9-3)23-10-4)13-15-19-16-14-18(21-8-2)27(24-11-5)25-12-6/h17-19,26-27H,7-16H2,1-6H3. The Hall–Kier alpha value is 0.154. The molecule has 9 heteroatoms.